The summed E-state index contributed by atoms with van der Waals surface area (Å²) < 4.78 is 43.3. The van der Waals surface area contributed by atoms with E-state index >= 15 is 0 Å². The van der Waals surface area contributed by atoms with Gasteiger partial charge in [0.1, 0.15) is 0 Å². The van der Waals surface area contributed by atoms with Gasteiger partial charge in [0, 0.05) is 12.0 Å². The van der Waals surface area contributed by atoms with Gasteiger partial charge in [0.15, 0.2) is 6.10 Å². The molecule has 0 N–H and O–H groups in total. The van der Waals surface area contributed by atoms with Crippen LogP contribution in [0, 0.1) is 0 Å². The molecule has 2 aromatic carbocycles. The van der Waals surface area contributed by atoms with Gasteiger partial charge in [0.25, 0.3) is 0 Å². The number of hydrogen-bond donors (Lipinski definition) is 0. The number of alkyl halides is 3. The molecule has 1 aliphatic heterocycles. The van der Waals surface area contributed by atoms with E-state index in [2.05, 4.69) is 5.16 Å². The third-order valence-corrected chi connectivity index (χ3v) is 3.90. The lowest BCUT2D eigenvalue weighted by Gasteiger charge is -2.12. The van der Waals surface area contributed by atoms with E-state index in [0.29, 0.717) is 22.4 Å². The van der Waals surface area contributed by atoms with Crippen LogP contribution in [0.5, 0.6) is 0 Å². The van der Waals surface area contributed by atoms with Crippen molar-refractivity contribution in [3.63, 3.8) is 0 Å². The zero-order valence-electron chi connectivity index (χ0n) is 13.2. The minimum absolute atomic E-state index is 0.259. The minimum Gasteiger partial charge on any atom is -0.465 e. The second-order valence-corrected chi connectivity index (χ2v) is 5.50. The summed E-state index contributed by atoms with van der Waals surface area (Å²) in [5.41, 5.74) is 1.01. The number of benzene rings is 2. The SMILES string of the molecule is COC(=O)c1ccccc1C1=NOC(c2cccc(C(F)(F)F)c2)C1. The molecule has 0 radical (unpaired) electrons. The molecule has 0 saturated carbocycles. The van der Waals surface area contributed by atoms with Crippen molar-refractivity contribution in [1.82, 2.24) is 0 Å². The molecule has 3 rings (SSSR count). The summed E-state index contributed by atoms with van der Waals surface area (Å²) in [5.74, 6) is -0.513. The molecule has 1 unspecified atom stereocenters. The Morgan fingerprint density at radius 3 is 2.68 bits per heavy atom. The maximum absolute atomic E-state index is 12.9. The highest BCUT2D eigenvalue weighted by Crippen LogP contribution is 2.35. The first-order valence-corrected chi connectivity index (χ1v) is 7.47. The van der Waals surface area contributed by atoms with Crippen LogP contribution in [-0.2, 0) is 15.8 Å². The Kier molecular flexibility index (Phi) is 4.48. The molecule has 1 heterocycles. The van der Waals surface area contributed by atoms with Crippen LogP contribution in [0.4, 0.5) is 13.2 Å². The lowest BCUT2D eigenvalue weighted by atomic mass is 9.96. The summed E-state index contributed by atoms with van der Waals surface area (Å²) in [6, 6.07) is 11.7. The topological polar surface area (TPSA) is 47.9 Å². The van der Waals surface area contributed by atoms with Crippen molar-refractivity contribution in [2.45, 2.75) is 18.7 Å². The average Bonchev–Trinajstić information content (AvgIpc) is 3.10. The third kappa shape index (κ3) is 3.50. The number of ether oxygens (including phenoxy) is 1. The van der Waals surface area contributed by atoms with Gasteiger partial charge in [-0.25, -0.2) is 4.79 Å². The largest absolute Gasteiger partial charge is 0.465 e. The van der Waals surface area contributed by atoms with Crippen molar-refractivity contribution < 1.29 is 27.5 Å². The van der Waals surface area contributed by atoms with E-state index in [1.165, 1.54) is 13.2 Å². The van der Waals surface area contributed by atoms with Crippen molar-refractivity contribution >= 4 is 11.7 Å². The zero-order chi connectivity index (χ0) is 18.0. The van der Waals surface area contributed by atoms with Gasteiger partial charge >= 0.3 is 12.1 Å². The number of halogens is 3. The first kappa shape index (κ1) is 17.0. The minimum atomic E-state index is -4.42. The van der Waals surface area contributed by atoms with E-state index in [9.17, 15) is 18.0 Å². The van der Waals surface area contributed by atoms with E-state index in [1.807, 2.05) is 0 Å². The Morgan fingerprint density at radius 1 is 1.20 bits per heavy atom. The quantitative estimate of drug-likeness (QED) is 0.774. The summed E-state index contributed by atoms with van der Waals surface area (Å²) in [6.45, 7) is 0. The Morgan fingerprint density at radius 2 is 1.96 bits per heavy atom. The van der Waals surface area contributed by atoms with Crippen LogP contribution >= 0.6 is 0 Å². The molecule has 0 bridgehead atoms. The van der Waals surface area contributed by atoms with E-state index in [4.69, 9.17) is 9.57 Å². The van der Waals surface area contributed by atoms with Crippen molar-refractivity contribution in [2.75, 3.05) is 7.11 Å². The molecule has 7 heteroatoms. The molecule has 0 saturated heterocycles. The monoisotopic (exact) mass is 349 g/mol. The number of carbonyl (C=O) groups is 1. The highest BCUT2D eigenvalue weighted by Gasteiger charge is 2.32. The molecule has 1 aliphatic rings. The van der Waals surface area contributed by atoms with Gasteiger partial charge in [-0.3, -0.25) is 0 Å². The van der Waals surface area contributed by atoms with Gasteiger partial charge in [0.2, 0.25) is 0 Å². The fraction of sp³-hybridized carbons (Fsp3) is 0.222. The fourth-order valence-corrected chi connectivity index (χ4v) is 2.65. The van der Waals surface area contributed by atoms with Gasteiger partial charge < -0.3 is 9.57 Å². The molecule has 0 amide bonds. The number of rotatable bonds is 3. The lowest BCUT2D eigenvalue weighted by Crippen LogP contribution is -2.11. The number of hydrogen-bond acceptors (Lipinski definition) is 4. The Bertz CT molecular complexity index is 830. The fourth-order valence-electron chi connectivity index (χ4n) is 2.65. The molecular formula is C18H14F3NO3. The van der Waals surface area contributed by atoms with E-state index in [-0.39, 0.29) is 6.42 Å². The maximum atomic E-state index is 12.9. The molecule has 2 aromatic rings. The smallest absolute Gasteiger partial charge is 0.416 e. The first-order chi connectivity index (χ1) is 11.9. The molecule has 0 aliphatic carbocycles. The van der Waals surface area contributed by atoms with E-state index in [0.717, 1.165) is 12.1 Å². The van der Waals surface area contributed by atoms with Gasteiger partial charge in [0.05, 0.1) is 23.9 Å². The standard InChI is InChI=1S/C18H14F3NO3/c1-24-17(23)14-8-3-2-7-13(14)15-10-16(25-22-15)11-5-4-6-12(9-11)18(19,20)21/h2-9,16H,10H2,1H3. The molecule has 130 valence electrons. The van der Waals surface area contributed by atoms with Crippen LogP contribution < -0.4 is 0 Å². The Labute approximate surface area is 141 Å². The molecule has 1 atom stereocenters. The highest BCUT2D eigenvalue weighted by molar-refractivity contribution is 6.09. The van der Waals surface area contributed by atoms with E-state index in [1.54, 1.807) is 30.3 Å². The van der Waals surface area contributed by atoms with Gasteiger partial charge in [-0.1, -0.05) is 35.5 Å². The number of nitrogens with zero attached hydrogens (tertiary/aromatic N) is 1. The van der Waals surface area contributed by atoms with Gasteiger partial charge in [-0.2, -0.15) is 13.2 Å². The van der Waals surface area contributed by atoms with Crippen LogP contribution in [0.15, 0.2) is 53.7 Å². The van der Waals surface area contributed by atoms with Crippen molar-refractivity contribution in [3.05, 3.63) is 70.8 Å². The summed E-state index contributed by atoms with van der Waals surface area (Å²) in [7, 11) is 1.28. The predicted molar refractivity (Wildman–Crippen MR) is 84.2 cm³/mol. The number of methoxy groups -OCH3 is 1. The van der Waals surface area contributed by atoms with Crippen LogP contribution in [0.25, 0.3) is 0 Å². The zero-order valence-corrected chi connectivity index (χ0v) is 13.2. The predicted octanol–water partition coefficient (Wildman–Crippen LogP) is 4.36. The Balaban J connectivity index is 1.84. The third-order valence-electron chi connectivity index (χ3n) is 3.90. The molecule has 25 heavy (non-hydrogen) atoms. The number of oxime groups is 1. The Hall–Kier alpha value is -2.83. The average molecular weight is 349 g/mol. The van der Waals surface area contributed by atoms with Crippen molar-refractivity contribution in [2.24, 2.45) is 5.16 Å². The molecular weight excluding hydrogens is 335 g/mol. The second-order valence-electron chi connectivity index (χ2n) is 5.50. The van der Waals surface area contributed by atoms with Crippen LogP contribution in [-0.4, -0.2) is 18.8 Å². The first-order valence-electron chi connectivity index (χ1n) is 7.47. The van der Waals surface area contributed by atoms with Crippen LogP contribution in [0.2, 0.25) is 0 Å². The summed E-state index contributed by atoms with van der Waals surface area (Å²) in [4.78, 5) is 17.2. The number of carbonyl (C=O) groups excluding carboxylic acids is 1. The van der Waals surface area contributed by atoms with Crippen LogP contribution in [0.3, 0.4) is 0 Å². The van der Waals surface area contributed by atoms with Crippen LogP contribution in [0.1, 0.15) is 39.6 Å². The van der Waals surface area contributed by atoms with Gasteiger partial charge in [-0.15, -0.1) is 0 Å². The molecule has 0 aromatic heterocycles. The summed E-state index contributed by atoms with van der Waals surface area (Å²) in [6.07, 6.45) is -4.80. The highest BCUT2D eigenvalue weighted by atomic mass is 19.4. The molecule has 4 nitrogen and oxygen atoms in total. The molecule has 0 spiro atoms. The maximum Gasteiger partial charge on any atom is 0.416 e. The van der Waals surface area contributed by atoms with Crippen molar-refractivity contribution in [3.8, 4) is 0 Å². The van der Waals surface area contributed by atoms with Crippen molar-refractivity contribution in [1.29, 1.82) is 0 Å². The summed E-state index contributed by atoms with van der Waals surface area (Å²) >= 11 is 0. The molecule has 0 fully saturated rings. The second kappa shape index (κ2) is 6.58. The number of esters is 1. The van der Waals surface area contributed by atoms with Gasteiger partial charge in [-0.05, 0) is 23.8 Å². The summed E-state index contributed by atoms with van der Waals surface area (Å²) in [5, 5.41) is 3.96. The van der Waals surface area contributed by atoms with E-state index < -0.39 is 23.8 Å². The lowest BCUT2D eigenvalue weighted by molar-refractivity contribution is -0.137. The normalized spacial score (nSPS) is 17.0.